The number of halogens is 1. The van der Waals surface area contributed by atoms with Crippen molar-refractivity contribution >= 4 is 40.9 Å². The summed E-state index contributed by atoms with van der Waals surface area (Å²) in [7, 11) is 0. The van der Waals surface area contributed by atoms with Gasteiger partial charge in [0.25, 0.3) is 0 Å². The number of hydrogen-bond donors (Lipinski definition) is 0. The molecule has 0 saturated carbocycles. The molecule has 4 rings (SSSR count). The summed E-state index contributed by atoms with van der Waals surface area (Å²) < 4.78 is 0. The monoisotopic (exact) mass is 421 g/mol. The van der Waals surface area contributed by atoms with E-state index in [1.807, 2.05) is 23.9 Å². The second-order valence-electron chi connectivity index (χ2n) is 8.00. The van der Waals surface area contributed by atoms with E-state index in [-0.39, 0.29) is 23.8 Å². The number of carbonyl (C=O) groups excluding carboxylic acids is 2. The SMILES string of the molecule is O=C1CC(C(=O)N2CCCSCC2CN2CCCC2)CN1c1ccc(Cl)cc1. The van der Waals surface area contributed by atoms with Crippen LogP contribution in [-0.2, 0) is 9.59 Å². The van der Waals surface area contributed by atoms with Gasteiger partial charge in [-0.1, -0.05) is 11.6 Å². The van der Waals surface area contributed by atoms with Crippen LogP contribution in [-0.4, -0.2) is 71.9 Å². The highest BCUT2D eigenvalue weighted by molar-refractivity contribution is 7.99. The normalized spacial score (nSPS) is 26.7. The van der Waals surface area contributed by atoms with Gasteiger partial charge in [-0.15, -0.1) is 0 Å². The average molecular weight is 422 g/mol. The zero-order valence-corrected chi connectivity index (χ0v) is 17.8. The van der Waals surface area contributed by atoms with Crippen molar-refractivity contribution in [2.75, 3.05) is 49.1 Å². The number of rotatable bonds is 4. The van der Waals surface area contributed by atoms with Crippen LogP contribution in [0, 0.1) is 5.92 Å². The first-order chi connectivity index (χ1) is 13.6. The van der Waals surface area contributed by atoms with Gasteiger partial charge in [-0.05, 0) is 62.4 Å². The maximum Gasteiger partial charge on any atom is 0.228 e. The Morgan fingerprint density at radius 1 is 1.11 bits per heavy atom. The zero-order valence-electron chi connectivity index (χ0n) is 16.2. The molecule has 3 heterocycles. The van der Waals surface area contributed by atoms with Crippen molar-refractivity contribution in [3.8, 4) is 0 Å². The molecular weight excluding hydrogens is 394 g/mol. The van der Waals surface area contributed by atoms with Crippen molar-refractivity contribution in [2.45, 2.75) is 31.7 Å². The standard InChI is InChI=1S/C21H28ClN3O2S/c22-17-4-6-18(7-5-17)25-13-16(12-20(25)26)21(27)24-10-3-11-28-15-19(24)14-23-8-1-2-9-23/h4-7,16,19H,1-3,8-15H2. The van der Waals surface area contributed by atoms with Gasteiger partial charge in [0, 0.05) is 42.5 Å². The summed E-state index contributed by atoms with van der Waals surface area (Å²) in [6.07, 6.45) is 3.87. The lowest BCUT2D eigenvalue weighted by Crippen LogP contribution is -2.50. The predicted molar refractivity (Wildman–Crippen MR) is 115 cm³/mol. The van der Waals surface area contributed by atoms with Gasteiger partial charge in [-0.2, -0.15) is 11.8 Å². The van der Waals surface area contributed by atoms with Crippen LogP contribution in [0.1, 0.15) is 25.7 Å². The molecule has 0 bridgehead atoms. The quantitative estimate of drug-likeness (QED) is 0.749. The Morgan fingerprint density at radius 2 is 1.86 bits per heavy atom. The van der Waals surface area contributed by atoms with Crippen molar-refractivity contribution < 1.29 is 9.59 Å². The predicted octanol–water partition coefficient (Wildman–Crippen LogP) is 3.12. The first kappa shape index (κ1) is 20.0. The first-order valence-corrected chi connectivity index (χ1v) is 11.8. The fraction of sp³-hybridized carbons (Fsp3) is 0.619. The van der Waals surface area contributed by atoms with Gasteiger partial charge in [0.2, 0.25) is 11.8 Å². The second-order valence-corrected chi connectivity index (χ2v) is 9.59. The van der Waals surface area contributed by atoms with Gasteiger partial charge in [-0.25, -0.2) is 0 Å². The Morgan fingerprint density at radius 3 is 2.61 bits per heavy atom. The topological polar surface area (TPSA) is 43.9 Å². The van der Waals surface area contributed by atoms with Crippen LogP contribution >= 0.6 is 23.4 Å². The highest BCUT2D eigenvalue weighted by atomic mass is 35.5. The summed E-state index contributed by atoms with van der Waals surface area (Å²) >= 11 is 7.93. The molecule has 7 heteroatoms. The lowest BCUT2D eigenvalue weighted by atomic mass is 10.1. The van der Waals surface area contributed by atoms with Crippen molar-refractivity contribution in [1.82, 2.24) is 9.80 Å². The van der Waals surface area contributed by atoms with Gasteiger partial charge in [0.15, 0.2) is 0 Å². The molecule has 1 aromatic rings. The molecule has 28 heavy (non-hydrogen) atoms. The molecule has 5 nitrogen and oxygen atoms in total. The lowest BCUT2D eigenvalue weighted by molar-refractivity contribution is -0.138. The number of anilines is 1. The number of amides is 2. The highest BCUT2D eigenvalue weighted by Gasteiger charge is 2.39. The van der Waals surface area contributed by atoms with Crippen LogP contribution in [0.15, 0.2) is 24.3 Å². The minimum Gasteiger partial charge on any atom is -0.337 e. The van der Waals surface area contributed by atoms with Gasteiger partial charge in [-0.3, -0.25) is 9.59 Å². The van der Waals surface area contributed by atoms with Crippen molar-refractivity contribution in [1.29, 1.82) is 0 Å². The Bertz CT molecular complexity index is 708. The van der Waals surface area contributed by atoms with E-state index >= 15 is 0 Å². The summed E-state index contributed by atoms with van der Waals surface area (Å²) in [5.41, 5.74) is 0.824. The fourth-order valence-corrected chi connectivity index (χ4v) is 5.69. The van der Waals surface area contributed by atoms with Gasteiger partial charge >= 0.3 is 0 Å². The molecule has 0 N–H and O–H groups in total. The molecule has 2 atom stereocenters. The van der Waals surface area contributed by atoms with E-state index in [1.54, 1.807) is 17.0 Å². The van der Waals surface area contributed by atoms with Crippen molar-refractivity contribution in [2.24, 2.45) is 5.92 Å². The van der Waals surface area contributed by atoms with E-state index in [9.17, 15) is 9.59 Å². The van der Waals surface area contributed by atoms with Crippen LogP contribution in [0.4, 0.5) is 5.69 Å². The number of likely N-dealkylation sites (tertiary alicyclic amines) is 1. The third-order valence-corrected chi connectivity index (χ3v) is 7.45. The zero-order chi connectivity index (χ0) is 19.5. The minimum absolute atomic E-state index is 0.0287. The Labute approximate surface area is 176 Å². The summed E-state index contributed by atoms with van der Waals surface area (Å²) in [4.78, 5) is 32.3. The van der Waals surface area contributed by atoms with Crippen LogP contribution in [0.3, 0.4) is 0 Å². The van der Waals surface area contributed by atoms with Crippen LogP contribution in [0.2, 0.25) is 5.02 Å². The largest absolute Gasteiger partial charge is 0.337 e. The molecule has 152 valence electrons. The molecule has 3 aliphatic rings. The summed E-state index contributed by atoms with van der Waals surface area (Å²) in [6, 6.07) is 7.55. The molecule has 0 aromatic heterocycles. The van der Waals surface area contributed by atoms with Crippen molar-refractivity contribution in [3.63, 3.8) is 0 Å². The van der Waals surface area contributed by atoms with E-state index in [1.165, 1.54) is 12.8 Å². The molecule has 3 saturated heterocycles. The lowest BCUT2D eigenvalue weighted by Gasteiger charge is -2.34. The van der Waals surface area contributed by atoms with Gasteiger partial charge < -0.3 is 14.7 Å². The summed E-state index contributed by atoms with van der Waals surface area (Å²) in [5.74, 6) is 2.06. The molecule has 3 aliphatic heterocycles. The van der Waals surface area contributed by atoms with Crippen molar-refractivity contribution in [3.05, 3.63) is 29.3 Å². The maximum absolute atomic E-state index is 13.4. The molecule has 0 spiro atoms. The third-order valence-electron chi connectivity index (χ3n) is 6.00. The Kier molecular flexibility index (Phi) is 6.48. The number of benzene rings is 1. The molecule has 1 aromatic carbocycles. The van der Waals surface area contributed by atoms with E-state index in [0.717, 1.165) is 49.8 Å². The number of thioether (sulfide) groups is 1. The average Bonchev–Trinajstić information content (AvgIpc) is 3.27. The van der Waals surface area contributed by atoms with Gasteiger partial charge in [0.05, 0.1) is 12.0 Å². The molecule has 2 unspecified atom stereocenters. The molecular formula is C21H28ClN3O2S. The van der Waals surface area contributed by atoms with E-state index in [4.69, 9.17) is 11.6 Å². The van der Waals surface area contributed by atoms with Crippen LogP contribution in [0.25, 0.3) is 0 Å². The summed E-state index contributed by atoms with van der Waals surface area (Å²) in [6.45, 7) is 4.56. The minimum atomic E-state index is -0.243. The smallest absolute Gasteiger partial charge is 0.228 e. The van der Waals surface area contributed by atoms with Gasteiger partial charge in [0.1, 0.15) is 0 Å². The third kappa shape index (κ3) is 4.50. The maximum atomic E-state index is 13.4. The van der Waals surface area contributed by atoms with E-state index in [0.29, 0.717) is 18.0 Å². The number of hydrogen-bond acceptors (Lipinski definition) is 4. The first-order valence-electron chi connectivity index (χ1n) is 10.3. The molecule has 3 fully saturated rings. The second kappa shape index (κ2) is 9.06. The van der Waals surface area contributed by atoms with Crippen LogP contribution < -0.4 is 4.90 Å². The Balaban J connectivity index is 1.45. The number of nitrogens with zero attached hydrogens (tertiary/aromatic N) is 3. The van der Waals surface area contributed by atoms with E-state index in [2.05, 4.69) is 9.80 Å². The summed E-state index contributed by atoms with van der Waals surface area (Å²) in [5, 5.41) is 0.648. The molecule has 2 amide bonds. The molecule has 0 aliphatic carbocycles. The molecule has 0 radical (unpaired) electrons. The Hall–Kier alpha value is -1.24. The number of carbonyl (C=O) groups is 2. The highest BCUT2D eigenvalue weighted by Crippen LogP contribution is 2.29. The van der Waals surface area contributed by atoms with E-state index < -0.39 is 0 Å². The fourth-order valence-electron chi connectivity index (χ4n) is 4.51. The van der Waals surface area contributed by atoms with Crippen LogP contribution in [0.5, 0.6) is 0 Å².